The van der Waals surface area contributed by atoms with Gasteiger partial charge in [-0.3, -0.25) is 5.43 Å². The average molecular weight is 404 g/mol. The highest BCUT2D eigenvalue weighted by molar-refractivity contribution is 6.35. The van der Waals surface area contributed by atoms with Gasteiger partial charge in [0.2, 0.25) is 5.95 Å². The minimum atomic E-state index is -0.442. The Kier molecular flexibility index (Phi) is 6.28. The molecule has 148 valence electrons. The molecule has 6 nitrogen and oxygen atoms in total. The van der Waals surface area contributed by atoms with Crippen molar-refractivity contribution in [1.29, 1.82) is 0 Å². The van der Waals surface area contributed by atoms with Crippen LogP contribution in [0.3, 0.4) is 0 Å². The number of aryl methyl sites for hydroxylation is 1. The number of ether oxygens (including phenoxy) is 1. The summed E-state index contributed by atoms with van der Waals surface area (Å²) in [5.74, 6) is 5.65. The summed E-state index contributed by atoms with van der Waals surface area (Å²) in [7, 11) is 0. The Morgan fingerprint density at radius 2 is 2.00 bits per heavy atom. The van der Waals surface area contributed by atoms with Gasteiger partial charge in [0.1, 0.15) is 11.6 Å². The van der Waals surface area contributed by atoms with Gasteiger partial charge in [-0.2, -0.15) is 4.98 Å². The highest BCUT2D eigenvalue weighted by atomic mass is 35.5. The van der Waals surface area contributed by atoms with Crippen LogP contribution in [0.5, 0.6) is 0 Å². The predicted octanol–water partition coefficient (Wildman–Crippen LogP) is 4.71. The molecule has 0 amide bonds. The summed E-state index contributed by atoms with van der Waals surface area (Å²) in [6.45, 7) is 7.51. The molecule has 8 heteroatoms. The van der Waals surface area contributed by atoms with Crippen LogP contribution in [0, 0.1) is 12.7 Å². The molecule has 0 fully saturated rings. The van der Waals surface area contributed by atoms with E-state index >= 15 is 0 Å². The SMILES string of the molecule is CC.Cc1cccc2c1COCCN2c1nc(NN)nc2c(Cl)ccc(F)c12. The van der Waals surface area contributed by atoms with E-state index in [4.69, 9.17) is 22.2 Å². The van der Waals surface area contributed by atoms with Crippen LogP contribution in [0.1, 0.15) is 25.0 Å². The molecule has 0 saturated carbocycles. The van der Waals surface area contributed by atoms with Gasteiger partial charge in [-0.25, -0.2) is 15.2 Å². The quantitative estimate of drug-likeness (QED) is 0.476. The highest BCUT2D eigenvalue weighted by Gasteiger charge is 2.24. The Bertz CT molecular complexity index is 998. The summed E-state index contributed by atoms with van der Waals surface area (Å²) in [6, 6.07) is 8.75. The summed E-state index contributed by atoms with van der Waals surface area (Å²) >= 11 is 6.26. The fourth-order valence-electron chi connectivity index (χ4n) is 3.21. The summed E-state index contributed by atoms with van der Waals surface area (Å²) in [4.78, 5) is 10.6. The molecule has 2 aromatic carbocycles. The maximum absolute atomic E-state index is 14.7. The molecule has 1 aromatic heterocycles. The Morgan fingerprint density at radius 1 is 1.21 bits per heavy atom. The van der Waals surface area contributed by atoms with Crippen molar-refractivity contribution in [3.63, 3.8) is 0 Å². The third-order valence-corrected chi connectivity index (χ3v) is 4.80. The lowest BCUT2D eigenvalue weighted by atomic mass is 10.1. The molecule has 28 heavy (non-hydrogen) atoms. The molecule has 1 aliphatic rings. The third kappa shape index (κ3) is 3.61. The van der Waals surface area contributed by atoms with E-state index in [-0.39, 0.29) is 11.3 Å². The van der Waals surface area contributed by atoms with E-state index < -0.39 is 5.82 Å². The van der Waals surface area contributed by atoms with Crippen LogP contribution in [0.4, 0.5) is 21.8 Å². The van der Waals surface area contributed by atoms with Crippen LogP contribution in [-0.4, -0.2) is 23.1 Å². The van der Waals surface area contributed by atoms with Gasteiger partial charge in [-0.05, 0) is 30.7 Å². The first-order chi connectivity index (χ1) is 13.6. The molecule has 2 heterocycles. The van der Waals surface area contributed by atoms with Crippen molar-refractivity contribution in [2.75, 3.05) is 23.5 Å². The second-order valence-electron chi connectivity index (χ2n) is 6.04. The van der Waals surface area contributed by atoms with Crippen LogP contribution in [-0.2, 0) is 11.3 Å². The number of hydrogen-bond donors (Lipinski definition) is 2. The summed E-state index contributed by atoms with van der Waals surface area (Å²) in [5.41, 5.74) is 5.81. The zero-order chi connectivity index (χ0) is 20.3. The molecule has 3 N–H and O–H groups in total. The molecule has 0 radical (unpaired) electrons. The monoisotopic (exact) mass is 403 g/mol. The Labute approximate surface area is 168 Å². The van der Waals surface area contributed by atoms with Gasteiger partial charge in [0.15, 0.2) is 0 Å². The zero-order valence-corrected chi connectivity index (χ0v) is 16.8. The van der Waals surface area contributed by atoms with Crippen LogP contribution < -0.4 is 16.2 Å². The predicted molar refractivity (Wildman–Crippen MR) is 112 cm³/mol. The van der Waals surface area contributed by atoms with Crippen LogP contribution in [0.2, 0.25) is 5.02 Å². The Hall–Kier alpha value is -2.48. The largest absolute Gasteiger partial charge is 0.375 e. The minimum Gasteiger partial charge on any atom is -0.375 e. The lowest BCUT2D eigenvalue weighted by Crippen LogP contribution is -2.23. The molecule has 0 bridgehead atoms. The molecule has 4 rings (SSSR count). The van der Waals surface area contributed by atoms with Crippen molar-refractivity contribution >= 4 is 40.0 Å². The Morgan fingerprint density at radius 3 is 2.75 bits per heavy atom. The lowest BCUT2D eigenvalue weighted by molar-refractivity contribution is 0.133. The molecule has 1 aliphatic heterocycles. The maximum Gasteiger partial charge on any atom is 0.239 e. The number of nitrogens with one attached hydrogen (secondary N) is 1. The first-order valence-electron chi connectivity index (χ1n) is 9.16. The van der Waals surface area contributed by atoms with E-state index in [1.807, 2.05) is 43.9 Å². The lowest BCUT2D eigenvalue weighted by Gasteiger charge is -2.25. The van der Waals surface area contributed by atoms with Gasteiger partial charge >= 0.3 is 0 Å². The highest BCUT2D eigenvalue weighted by Crippen LogP contribution is 2.38. The second kappa shape index (κ2) is 8.68. The minimum absolute atomic E-state index is 0.166. The van der Waals surface area contributed by atoms with Gasteiger partial charge in [0, 0.05) is 17.8 Å². The smallest absolute Gasteiger partial charge is 0.239 e. The molecule has 3 aromatic rings. The molecule has 0 aliphatic carbocycles. The van der Waals surface area contributed by atoms with Crippen molar-refractivity contribution in [2.24, 2.45) is 5.84 Å². The van der Waals surface area contributed by atoms with Crippen LogP contribution in [0.15, 0.2) is 30.3 Å². The molecule has 0 saturated heterocycles. The zero-order valence-electron chi connectivity index (χ0n) is 16.1. The summed E-state index contributed by atoms with van der Waals surface area (Å²) < 4.78 is 20.5. The number of rotatable bonds is 2. The third-order valence-electron chi connectivity index (χ3n) is 4.50. The van der Waals surface area contributed by atoms with E-state index in [0.717, 1.165) is 16.8 Å². The van der Waals surface area contributed by atoms with Crippen molar-refractivity contribution in [2.45, 2.75) is 27.4 Å². The number of nitrogen functional groups attached to an aromatic ring is 1. The number of nitrogens with zero attached hydrogens (tertiary/aromatic N) is 3. The topological polar surface area (TPSA) is 76.3 Å². The standard InChI is InChI=1S/C18H17ClFN5O.C2H6/c1-10-3-2-4-14-11(10)9-26-8-7-25(14)17-15-13(20)6-5-12(19)16(15)22-18(23-17)24-21;1-2/h2-6H,7-9,21H2,1H3,(H,22,23,24);1-2H3. The van der Waals surface area contributed by atoms with E-state index in [2.05, 4.69) is 15.4 Å². The first kappa shape index (κ1) is 20.3. The Balaban J connectivity index is 0.00000109. The number of fused-ring (bicyclic) bond motifs is 2. The number of nitrogens with two attached hydrogens (primary N) is 1. The molecule has 0 unspecified atom stereocenters. The molecule has 0 atom stereocenters. The molecular weight excluding hydrogens is 381 g/mol. The second-order valence-corrected chi connectivity index (χ2v) is 6.45. The van der Waals surface area contributed by atoms with E-state index in [9.17, 15) is 4.39 Å². The van der Waals surface area contributed by atoms with Crippen LogP contribution >= 0.6 is 11.6 Å². The number of halogens is 2. The summed E-state index contributed by atoms with van der Waals surface area (Å²) in [5, 5.41) is 0.586. The first-order valence-corrected chi connectivity index (χ1v) is 9.54. The number of aromatic nitrogens is 2. The van der Waals surface area contributed by atoms with Crippen molar-refractivity contribution in [3.8, 4) is 0 Å². The van der Waals surface area contributed by atoms with E-state index in [1.165, 1.54) is 12.1 Å². The van der Waals surface area contributed by atoms with Crippen molar-refractivity contribution in [1.82, 2.24) is 9.97 Å². The van der Waals surface area contributed by atoms with Gasteiger partial charge in [0.25, 0.3) is 0 Å². The number of anilines is 3. The number of hydrazine groups is 1. The van der Waals surface area contributed by atoms with Crippen molar-refractivity contribution in [3.05, 3.63) is 52.3 Å². The van der Waals surface area contributed by atoms with Gasteiger partial charge < -0.3 is 9.64 Å². The number of benzene rings is 2. The molecular formula is C20H23ClFN5O. The average Bonchev–Trinajstić information content (AvgIpc) is 2.95. The maximum atomic E-state index is 14.7. The van der Waals surface area contributed by atoms with E-state index in [1.54, 1.807) is 0 Å². The van der Waals surface area contributed by atoms with Gasteiger partial charge in [0.05, 0.1) is 29.1 Å². The normalized spacial score (nSPS) is 13.4. The molecule has 0 spiro atoms. The van der Waals surface area contributed by atoms with E-state index in [0.29, 0.717) is 36.1 Å². The van der Waals surface area contributed by atoms with Gasteiger partial charge in [-0.1, -0.05) is 37.6 Å². The fraction of sp³-hybridized carbons (Fsp3) is 0.300. The van der Waals surface area contributed by atoms with Crippen molar-refractivity contribution < 1.29 is 9.13 Å². The number of hydrogen-bond acceptors (Lipinski definition) is 6. The fourth-order valence-corrected chi connectivity index (χ4v) is 3.41. The van der Waals surface area contributed by atoms with Crippen LogP contribution in [0.25, 0.3) is 10.9 Å². The summed E-state index contributed by atoms with van der Waals surface area (Å²) in [6.07, 6.45) is 0. The van der Waals surface area contributed by atoms with Gasteiger partial charge in [-0.15, -0.1) is 0 Å².